The molecule has 1 aromatic carbocycles. The van der Waals surface area contributed by atoms with Crippen LogP contribution in [0.15, 0.2) is 36.5 Å². The molecule has 0 bridgehead atoms. The molecule has 282 valence electrons. The van der Waals surface area contributed by atoms with Gasteiger partial charge in [-0.05, 0) is 128 Å². The van der Waals surface area contributed by atoms with Crippen LogP contribution in [0, 0.1) is 17.2 Å². The fourth-order valence-corrected chi connectivity index (χ4v) is 9.45. The van der Waals surface area contributed by atoms with Gasteiger partial charge in [0.15, 0.2) is 5.11 Å². The van der Waals surface area contributed by atoms with Gasteiger partial charge in [0.05, 0.1) is 46.3 Å². The SMILES string of the molecule is C[C@@H]1CN(CCC[C@H]2CC[C@H](N3C(=S)N(c4ccc(C#N)c(Cl)c4)C(=O)C3(C)C)CC2)C[C@H](C)N1CC(=O)Nc1ccc(C2CCC(=O)NC2=O)nc1. The number of imide groups is 1. The summed E-state index contributed by atoms with van der Waals surface area (Å²) < 4.78 is 0. The lowest BCUT2D eigenvalue weighted by Gasteiger charge is -2.44. The van der Waals surface area contributed by atoms with Gasteiger partial charge in [-0.1, -0.05) is 11.6 Å². The topological polar surface area (TPSA) is 142 Å². The van der Waals surface area contributed by atoms with Crippen molar-refractivity contribution in [3.63, 3.8) is 0 Å². The quantitative estimate of drug-likeness (QED) is 0.245. The van der Waals surface area contributed by atoms with E-state index in [1.807, 2.05) is 13.8 Å². The normalized spacial score (nSPS) is 26.8. The Kier molecular flexibility index (Phi) is 11.8. The average molecular weight is 761 g/mol. The maximum absolute atomic E-state index is 13.6. The van der Waals surface area contributed by atoms with Crippen LogP contribution in [-0.2, 0) is 19.2 Å². The molecule has 1 aromatic heterocycles. The number of nitrogens with one attached hydrogen (secondary N) is 2. The maximum atomic E-state index is 13.6. The lowest BCUT2D eigenvalue weighted by molar-refractivity contribution is -0.134. The molecule has 4 heterocycles. The molecule has 3 saturated heterocycles. The zero-order valence-electron chi connectivity index (χ0n) is 30.9. The number of piperidine rings is 1. The van der Waals surface area contributed by atoms with Crippen molar-refractivity contribution in [2.24, 2.45) is 5.92 Å². The van der Waals surface area contributed by atoms with Crippen molar-refractivity contribution in [1.82, 2.24) is 25.0 Å². The van der Waals surface area contributed by atoms with E-state index in [1.54, 1.807) is 41.4 Å². The first kappa shape index (κ1) is 38.8. The first-order valence-corrected chi connectivity index (χ1v) is 19.5. The van der Waals surface area contributed by atoms with E-state index in [-0.39, 0.29) is 48.3 Å². The fraction of sp³-hybridized carbons (Fsp3) is 0.564. The number of hydrogen-bond donors (Lipinski definition) is 2. The molecule has 4 fully saturated rings. The summed E-state index contributed by atoms with van der Waals surface area (Å²) in [5.41, 5.74) is 1.35. The van der Waals surface area contributed by atoms with Crippen molar-refractivity contribution in [1.29, 1.82) is 5.26 Å². The summed E-state index contributed by atoms with van der Waals surface area (Å²) in [6, 6.07) is 11.2. The van der Waals surface area contributed by atoms with Gasteiger partial charge >= 0.3 is 0 Å². The van der Waals surface area contributed by atoms with Gasteiger partial charge < -0.3 is 15.1 Å². The van der Waals surface area contributed by atoms with Crippen LogP contribution in [0.1, 0.15) is 96.2 Å². The highest BCUT2D eigenvalue weighted by atomic mass is 35.5. The summed E-state index contributed by atoms with van der Waals surface area (Å²) in [5, 5.41) is 15.4. The van der Waals surface area contributed by atoms with E-state index in [2.05, 4.69) is 50.2 Å². The monoisotopic (exact) mass is 760 g/mol. The van der Waals surface area contributed by atoms with Gasteiger partial charge in [0.2, 0.25) is 17.7 Å². The number of thiocarbonyl (C=S) groups is 1. The molecule has 6 rings (SSSR count). The van der Waals surface area contributed by atoms with Crippen LogP contribution >= 0.6 is 23.8 Å². The highest BCUT2D eigenvalue weighted by molar-refractivity contribution is 7.80. The molecule has 2 aromatic rings. The molecule has 3 aliphatic heterocycles. The summed E-state index contributed by atoms with van der Waals surface area (Å²) in [5.74, 6) is -0.583. The number of piperazine rings is 1. The number of nitrogens with zero attached hydrogens (tertiary/aromatic N) is 6. The molecule has 12 nitrogen and oxygen atoms in total. The van der Waals surface area contributed by atoms with Gasteiger partial charge in [0.1, 0.15) is 11.6 Å². The number of pyridine rings is 1. The number of benzene rings is 1. The van der Waals surface area contributed by atoms with Crippen molar-refractivity contribution >= 4 is 63.9 Å². The zero-order valence-corrected chi connectivity index (χ0v) is 32.5. The minimum atomic E-state index is -0.770. The lowest BCUT2D eigenvalue weighted by Crippen LogP contribution is -2.58. The van der Waals surface area contributed by atoms with Crippen LogP contribution in [0.25, 0.3) is 0 Å². The highest BCUT2D eigenvalue weighted by Gasteiger charge is 2.52. The van der Waals surface area contributed by atoms with E-state index in [1.165, 1.54) is 0 Å². The van der Waals surface area contributed by atoms with Crippen LogP contribution in [0.2, 0.25) is 5.02 Å². The number of amides is 4. The van der Waals surface area contributed by atoms with Crippen molar-refractivity contribution in [2.45, 2.75) is 109 Å². The van der Waals surface area contributed by atoms with Gasteiger partial charge in [-0.3, -0.25) is 39.3 Å². The van der Waals surface area contributed by atoms with Crippen molar-refractivity contribution in [3.8, 4) is 6.07 Å². The Hall–Kier alpha value is -3.96. The maximum Gasteiger partial charge on any atom is 0.258 e. The van der Waals surface area contributed by atoms with E-state index in [0.717, 1.165) is 58.2 Å². The third-order valence-corrected chi connectivity index (χ3v) is 12.2. The first-order valence-electron chi connectivity index (χ1n) is 18.7. The first-order chi connectivity index (χ1) is 25.3. The van der Waals surface area contributed by atoms with E-state index in [9.17, 15) is 24.4 Å². The number of rotatable bonds is 10. The smallest absolute Gasteiger partial charge is 0.258 e. The minimum absolute atomic E-state index is 0.0785. The number of nitriles is 1. The Morgan fingerprint density at radius 3 is 2.42 bits per heavy atom. The predicted octanol–water partition coefficient (Wildman–Crippen LogP) is 5.21. The summed E-state index contributed by atoms with van der Waals surface area (Å²) in [6.45, 7) is 11.4. The number of anilines is 2. The van der Waals surface area contributed by atoms with Gasteiger partial charge in [-0.2, -0.15) is 5.26 Å². The zero-order chi connectivity index (χ0) is 38.0. The van der Waals surface area contributed by atoms with Crippen LogP contribution in [0.5, 0.6) is 0 Å². The van der Waals surface area contributed by atoms with E-state index in [0.29, 0.717) is 51.5 Å². The molecule has 3 atom stereocenters. The van der Waals surface area contributed by atoms with E-state index >= 15 is 0 Å². The number of hydrogen-bond acceptors (Lipinski definition) is 9. The van der Waals surface area contributed by atoms with E-state index < -0.39 is 11.5 Å². The molecule has 0 radical (unpaired) electrons. The second-order valence-corrected chi connectivity index (χ2v) is 16.4. The number of halogens is 1. The van der Waals surface area contributed by atoms with Gasteiger partial charge in [0.25, 0.3) is 5.91 Å². The predicted molar refractivity (Wildman–Crippen MR) is 207 cm³/mol. The van der Waals surface area contributed by atoms with Crippen molar-refractivity contribution < 1.29 is 19.2 Å². The number of carbonyl (C=O) groups excluding carboxylic acids is 4. The molecule has 53 heavy (non-hydrogen) atoms. The summed E-state index contributed by atoms with van der Waals surface area (Å²) in [6.07, 6.45) is 8.75. The fourth-order valence-electron chi connectivity index (χ4n) is 8.67. The molecule has 2 N–H and O–H groups in total. The Labute approximate surface area is 322 Å². The highest BCUT2D eigenvalue weighted by Crippen LogP contribution is 2.40. The molecular formula is C39H49ClN8O4S. The molecule has 4 amide bonds. The molecule has 1 unspecified atom stereocenters. The number of carbonyl (C=O) groups is 4. The molecule has 14 heteroatoms. The van der Waals surface area contributed by atoms with E-state index in [4.69, 9.17) is 23.8 Å². The van der Waals surface area contributed by atoms with Crippen LogP contribution in [0.3, 0.4) is 0 Å². The summed E-state index contributed by atoms with van der Waals surface area (Å²) >= 11 is 12.2. The Bertz CT molecular complexity index is 1780. The molecule has 1 aliphatic carbocycles. The largest absolute Gasteiger partial charge is 0.331 e. The van der Waals surface area contributed by atoms with Crippen LogP contribution in [0.4, 0.5) is 11.4 Å². The van der Waals surface area contributed by atoms with Gasteiger partial charge in [0, 0.05) is 37.6 Å². The third-order valence-electron chi connectivity index (χ3n) is 11.5. The minimum Gasteiger partial charge on any atom is -0.331 e. The van der Waals surface area contributed by atoms with Crippen LogP contribution < -0.4 is 15.5 Å². The molecular weight excluding hydrogens is 712 g/mol. The van der Waals surface area contributed by atoms with Gasteiger partial charge in [-0.25, -0.2) is 0 Å². The van der Waals surface area contributed by atoms with Crippen LogP contribution in [-0.4, -0.2) is 98.3 Å². The second-order valence-electron chi connectivity index (χ2n) is 15.6. The van der Waals surface area contributed by atoms with Crippen molar-refractivity contribution in [2.75, 3.05) is 36.4 Å². The lowest BCUT2D eigenvalue weighted by atomic mass is 9.82. The average Bonchev–Trinajstić information content (AvgIpc) is 3.29. The van der Waals surface area contributed by atoms with Gasteiger partial charge in [-0.15, -0.1) is 0 Å². The molecule has 4 aliphatic rings. The summed E-state index contributed by atoms with van der Waals surface area (Å²) in [4.78, 5) is 63.2. The standard InChI is InChI=1S/C39H49ClN8O4S/c1-24-21-45(22-25(2)46(24)23-35(50)43-28-10-15-33(42-20-28)31-14-16-34(49)44-36(31)51)17-5-6-26-7-11-29(12-8-26)48-38(53)47(37(52)39(48,3)4)30-13-9-27(19-41)32(40)18-30/h9-10,13,15,18,20,24-26,29,31H,5-8,11-12,14,16-17,21-23H2,1-4H3,(H,43,50)(H,44,49,51)/t24-,25+,26-,29-,31?. The summed E-state index contributed by atoms with van der Waals surface area (Å²) in [7, 11) is 0. The molecule has 0 spiro atoms. The Morgan fingerprint density at radius 2 is 1.79 bits per heavy atom. The van der Waals surface area contributed by atoms with Crippen molar-refractivity contribution in [3.05, 3.63) is 52.8 Å². The second kappa shape index (κ2) is 16.2. The third kappa shape index (κ3) is 8.41. The number of aromatic nitrogens is 1. The Morgan fingerprint density at radius 1 is 1.08 bits per heavy atom. The Balaban J connectivity index is 0.926. The molecule has 1 saturated carbocycles.